The Morgan fingerprint density at radius 1 is 1.30 bits per heavy atom. The zero-order valence-corrected chi connectivity index (χ0v) is 12.4. The second kappa shape index (κ2) is 5.62. The minimum absolute atomic E-state index is 0.0474. The molecule has 2 amide bonds. The lowest BCUT2D eigenvalue weighted by Crippen LogP contribution is -2.59. The molecule has 20 heavy (non-hydrogen) atoms. The molecule has 1 aliphatic heterocycles. The topological polar surface area (TPSA) is 61.7 Å². The van der Waals surface area contributed by atoms with Gasteiger partial charge in [-0.1, -0.05) is 0 Å². The second-order valence-corrected chi connectivity index (χ2v) is 5.41. The summed E-state index contributed by atoms with van der Waals surface area (Å²) in [6.45, 7) is 1.88. The molecule has 0 aliphatic carbocycles. The molecular weight excluding hydrogens is 258 g/mol. The summed E-state index contributed by atoms with van der Waals surface area (Å²) in [5.41, 5.74) is 0.522. The van der Waals surface area contributed by atoms with Crippen molar-refractivity contribution < 1.29 is 9.59 Å². The van der Waals surface area contributed by atoms with Crippen LogP contribution in [0.4, 0.5) is 0 Å². The molecule has 7 heteroatoms. The van der Waals surface area contributed by atoms with Gasteiger partial charge in [0.2, 0.25) is 5.91 Å². The second-order valence-electron chi connectivity index (χ2n) is 5.41. The van der Waals surface area contributed by atoms with Crippen LogP contribution in [0.25, 0.3) is 0 Å². The maximum Gasteiger partial charge on any atom is 0.257 e. The van der Waals surface area contributed by atoms with Crippen LogP contribution in [-0.2, 0) is 11.8 Å². The highest BCUT2D eigenvalue weighted by Gasteiger charge is 2.35. The van der Waals surface area contributed by atoms with Crippen LogP contribution in [0.1, 0.15) is 10.4 Å². The van der Waals surface area contributed by atoms with Crippen molar-refractivity contribution in [1.82, 2.24) is 24.5 Å². The van der Waals surface area contributed by atoms with E-state index < -0.39 is 6.04 Å². The molecular formula is C13H21N5O2. The number of piperazine rings is 1. The molecule has 1 unspecified atom stereocenters. The van der Waals surface area contributed by atoms with Gasteiger partial charge in [0.05, 0.1) is 11.8 Å². The lowest BCUT2D eigenvalue weighted by molar-refractivity contribution is -0.135. The Labute approximate surface area is 118 Å². The minimum Gasteiger partial charge on any atom is -0.347 e. The fraction of sp³-hybridized carbons (Fsp3) is 0.615. The number of carbonyl (C=O) groups is 2. The standard InChI is InChI=1S/C13H21N5O2/c1-15(2)13(20)11-9-16(3)5-6-18(11)12(19)10-7-14-17(4)8-10/h7-8,11H,5-6,9H2,1-4H3. The Bertz CT molecular complexity index is 511. The number of likely N-dealkylation sites (N-methyl/N-ethyl adjacent to an activating group) is 2. The summed E-state index contributed by atoms with van der Waals surface area (Å²) < 4.78 is 1.59. The van der Waals surface area contributed by atoms with Crippen molar-refractivity contribution >= 4 is 11.8 Å². The minimum atomic E-state index is -0.434. The highest BCUT2D eigenvalue weighted by atomic mass is 16.2. The summed E-state index contributed by atoms with van der Waals surface area (Å²) in [7, 11) is 7.15. The van der Waals surface area contributed by atoms with E-state index >= 15 is 0 Å². The van der Waals surface area contributed by atoms with Crippen LogP contribution in [0.3, 0.4) is 0 Å². The zero-order valence-electron chi connectivity index (χ0n) is 12.4. The van der Waals surface area contributed by atoms with Gasteiger partial charge < -0.3 is 14.7 Å². The Morgan fingerprint density at radius 2 is 2.00 bits per heavy atom. The molecule has 1 aliphatic rings. The molecule has 0 N–H and O–H groups in total. The highest BCUT2D eigenvalue weighted by Crippen LogP contribution is 2.14. The Balaban J connectivity index is 2.22. The summed E-state index contributed by atoms with van der Waals surface area (Å²) in [4.78, 5) is 30.1. The van der Waals surface area contributed by atoms with E-state index in [1.54, 1.807) is 36.9 Å². The fourth-order valence-corrected chi connectivity index (χ4v) is 2.37. The van der Waals surface area contributed by atoms with E-state index in [0.717, 1.165) is 6.54 Å². The molecule has 2 rings (SSSR count). The molecule has 110 valence electrons. The van der Waals surface area contributed by atoms with E-state index in [9.17, 15) is 9.59 Å². The van der Waals surface area contributed by atoms with Gasteiger partial charge in [0, 0.05) is 47.0 Å². The average Bonchev–Trinajstić information content (AvgIpc) is 2.83. The van der Waals surface area contributed by atoms with Crippen LogP contribution in [0.2, 0.25) is 0 Å². The van der Waals surface area contributed by atoms with Crippen molar-refractivity contribution in [2.45, 2.75) is 6.04 Å². The van der Waals surface area contributed by atoms with Crippen molar-refractivity contribution in [3.63, 3.8) is 0 Å². The first-order valence-electron chi connectivity index (χ1n) is 6.59. The third-order valence-electron chi connectivity index (χ3n) is 3.52. The number of carbonyl (C=O) groups excluding carboxylic acids is 2. The van der Waals surface area contributed by atoms with Crippen LogP contribution in [0.15, 0.2) is 12.4 Å². The molecule has 1 aromatic heterocycles. The summed E-state index contributed by atoms with van der Waals surface area (Å²) in [5.74, 6) is -0.180. The van der Waals surface area contributed by atoms with Gasteiger partial charge in [0.25, 0.3) is 5.91 Å². The largest absolute Gasteiger partial charge is 0.347 e. The molecule has 1 fully saturated rings. The number of nitrogens with zero attached hydrogens (tertiary/aromatic N) is 5. The van der Waals surface area contributed by atoms with Gasteiger partial charge in [-0.05, 0) is 7.05 Å². The van der Waals surface area contributed by atoms with Crippen LogP contribution in [-0.4, -0.2) is 83.1 Å². The third-order valence-corrected chi connectivity index (χ3v) is 3.52. The van der Waals surface area contributed by atoms with Crippen molar-refractivity contribution in [1.29, 1.82) is 0 Å². The first-order chi connectivity index (χ1) is 9.40. The first-order valence-corrected chi connectivity index (χ1v) is 6.59. The van der Waals surface area contributed by atoms with Crippen LogP contribution < -0.4 is 0 Å². The molecule has 0 radical (unpaired) electrons. The number of hydrogen-bond donors (Lipinski definition) is 0. The molecule has 0 aromatic carbocycles. The Kier molecular flexibility index (Phi) is 4.08. The van der Waals surface area contributed by atoms with Gasteiger partial charge >= 0.3 is 0 Å². The fourth-order valence-electron chi connectivity index (χ4n) is 2.37. The summed E-state index contributed by atoms with van der Waals surface area (Å²) in [5, 5.41) is 4.02. The Morgan fingerprint density at radius 3 is 2.55 bits per heavy atom. The van der Waals surface area contributed by atoms with E-state index in [0.29, 0.717) is 18.7 Å². The van der Waals surface area contributed by atoms with E-state index in [-0.39, 0.29) is 11.8 Å². The predicted molar refractivity (Wildman–Crippen MR) is 74.2 cm³/mol. The van der Waals surface area contributed by atoms with Gasteiger partial charge in [-0.15, -0.1) is 0 Å². The lowest BCUT2D eigenvalue weighted by Gasteiger charge is -2.39. The maximum atomic E-state index is 12.5. The molecule has 0 saturated carbocycles. The lowest BCUT2D eigenvalue weighted by atomic mass is 10.1. The number of aromatic nitrogens is 2. The maximum absolute atomic E-state index is 12.5. The normalized spacial score (nSPS) is 20.0. The van der Waals surface area contributed by atoms with Crippen LogP contribution in [0, 0.1) is 0 Å². The predicted octanol–water partition coefficient (Wildman–Crippen LogP) is -0.735. The quantitative estimate of drug-likeness (QED) is 0.716. The third kappa shape index (κ3) is 2.82. The monoisotopic (exact) mass is 279 g/mol. The molecule has 0 bridgehead atoms. The van der Waals surface area contributed by atoms with Crippen molar-refractivity contribution in [3.8, 4) is 0 Å². The van der Waals surface area contributed by atoms with Gasteiger partial charge in [-0.2, -0.15) is 5.10 Å². The molecule has 7 nitrogen and oxygen atoms in total. The SMILES string of the molecule is CN1CCN(C(=O)c2cnn(C)c2)C(C(=O)N(C)C)C1. The highest BCUT2D eigenvalue weighted by molar-refractivity contribution is 5.97. The van der Waals surface area contributed by atoms with E-state index in [1.807, 2.05) is 7.05 Å². The number of rotatable bonds is 2. The Hall–Kier alpha value is -1.89. The van der Waals surface area contributed by atoms with Crippen molar-refractivity contribution in [3.05, 3.63) is 18.0 Å². The van der Waals surface area contributed by atoms with Gasteiger partial charge in [-0.25, -0.2) is 0 Å². The first kappa shape index (κ1) is 14.5. The van der Waals surface area contributed by atoms with Crippen molar-refractivity contribution in [2.24, 2.45) is 7.05 Å². The van der Waals surface area contributed by atoms with Gasteiger partial charge in [0.15, 0.2) is 0 Å². The van der Waals surface area contributed by atoms with Crippen LogP contribution in [0.5, 0.6) is 0 Å². The van der Waals surface area contributed by atoms with E-state index in [1.165, 1.54) is 11.1 Å². The van der Waals surface area contributed by atoms with Crippen LogP contribution >= 0.6 is 0 Å². The summed E-state index contributed by atoms with van der Waals surface area (Å²) in [6, 6.07) is -0.434. The van der Waals surface area contributed by atoms with E-state index in [4.69, 9.17) is 0 Å². The molecule has 0 spiro atoms. The summed E-state index contributed by atoms with van der Waals surface area (Å²) in [6.07, 6.45) is 3.22. The number of hydrogen-bond acceptors (Lipinski definition) is 4. The van der Waals surface area contributed by atoms with Gasteiger partial charge in [0.1, 0.15) is 6.04 Å². The average molecular weight is 279 g/mol. The molecule has 1 atom stereocenters. The number of aryl methyl sites for hydroxylation is 1. The number of amides is 2. The van der Waals surface area contributed by atoms with Gasteiger partial charge in [-0.3, -0.25) is 14.3 Å². The summed E-state index contributed by atoms with van der Waals surface area (Å²) >= 11 is 0. The molecule has 1 aromatic rings. The zero-order chi connectivity index (χ0) is 14.9. The smallest absolute Gasteiger partial charge is 0.257 e. The molecule has 2 heterocycles. The molecule has 1 saturated heterocycles. The van der Waals surface area contributed by atoms with Crippen molar-refractivity contribution in [2.75, 3.05) is 40.8 Å². The van der Waals surface area contributed by atoms with E-state index in [2.05, 4.69) is 10.00 Å².